The Morgan fingerprint density at radius 2 is 1.83 bits per heavy atom. The third kappa shape index (κ3) is 4.50. The van der Waals surface area contributed by atoms with E-state index in [1.165, 1.54) is 35.6 Å². The molecular formula is C20H15ClN2O4S2. The number of fused-ring (bicyclic) bond motifs is 1. The summed E-state index contributed by atoms with van der Waals surface area (Å²) in [4.78, 5) is 16.7. The summed E-state index contributed by atoms with van der Waals surface area (Å²) in [5, 5.41) is 3.74. The number of benzene rings is 2. The minimum absolute atomic E-state index is 0.0492. The van der Waals surface area contributed by atoms with E-state index in [1.807, 2.05) is 24.3 Å². The van der Waals surface area contributed by atoms with E-state index in [0.29, 0.717) is 16.5 Å². The molecule has 4 rings (SSSR count). The zero-order chi connectivity index (χ0) is 20.4. The number of nitrogens with zero attached hydrogens (tertiary/aromatic N) is 1. The molecular weight excluding hydrogens is 432 g/mol. The highest BCUT2D eigenvalue weighted by Crippen LogP contribution is 2.31. The summed E-state index contributed by atoms with van der Waals surface area (Å²) < 4.78 is 31.4. The van der Waals surface area contributed by atoms with Crippen molar-refractivity contribution in [3.05, 3.63) is 71.4 Å². The molecule has 4 aromatic rings. The molecule has 2 heterocycles. The van der Waals surface area contributed by atoms with Crippen molar-refractivity contribution in [2.45, 2.75) is 11.4 Å². The number of thiazole rings is 1. The van der Waals surface area contributed by atoms with Crippen LogP contribution in [0.4, 0.5) is 0 Å². The molecule has 0 aliphatic carbocycles. The maximum atomic E-state index is 12.3. The average Bonchev–Trinajstić information content (AvgIpc) is 3.33. The molecule has 2 aromatic heterocycles. The number of hydrogen-bond donors (Lipinski definition) is 1. The number of amides is 1. The fourth-order valence-corrected chi connectivity index (χ4v) is 4.92. The van der Waals surface area contributed by atoms with Gasteiger partial charge in [0, 0.05) is 5.02 Å². The lowest BCUT2D eigenvalue weighted by Gasteiger charge is -2.05. The van der Waals surface area contributed by atoms with Gasteiger partial charge >= 0.3 is 0 Å². The molecule has 29 heavy (non-hydrogen) atoms. The van der Waals surface area contributed by atoms with Crippen LogP contribution >= 0.6 is 22.9 Å². The molecule has 1 amide bonds. The van der Waals surface area contributed by atoms with E-state index in [4.69, 9.17) is 16.0 Å². The molecule has 1 N–H and O–H groups in total. The molecule has 0 aliphatic heterocycles. The van der Waals surface area contributed by atoms with Crippen molar-refractivity contribution in [3.8, 4) is 10.8 Å². The Labute approximate surface area is 176 Å². The molecule has 0 fully saturated rings. The SMILES string of the molecule is O=C(CS(=O)(=O)c1ccc(Cl)cc1)NCc1ccc(-c2nc3ccccc3s2)o1. The second kappa shape index (κ2) is 7.98. The maximum Gasteiger partial charge on any atom is 0.235 e. The van der Waals surface area contributed by atoms with Crippen molar-refractivity contribution >= 4 is 48.9 Å². The van der Waals surface area contributed by atoms with Crippen molar-refractivity contribution in [3.63, 3.8) is 0 Å². The molecule has 0 atom stereocenters. The van der Waals surface area contributed by atoms with Crippen LogP contribution in [0.1, 0.15) is 5.76 Å². The molecule has 0 saturated heterocycles. The summed E-state index contributed by atoms with van der Waals surface area (Å²) in [5.41, 5.74) is 0.895. The second-order valence-corrected chi connectivity index (χ2v) is 9.70. The van der Waals surface area contributed by atoms with E-state index in [1.54, 1.807) is 12.1 Å². The number of furan rings is 1. The van der Waals surface area contributed by atoms with E-state index < -0.39 is 21.5 Å². The molecule has 148 valence electrons. The van der Waals surface area contributed by atoms with Gasteiger partial charge in [-0.05, 0) is 48.5 Å². The summed E-state index contributed by atoms with van der Waals surface area (Å²) in [6.07, 6.45) is 0. The van der Waals surface area contributed by atoms with Gasteiger partial charge in [0.2, 0.25) is 5.91 Å². The van der Waals surface area contributed by atoms with Crippen LogP contribution in [-0.4, -0.2) is 25.1 Å². The average molecular weight is 447 g/mol. The lowest BCUT2D eigenvalue weighted by Crippen LogP contribution is -2.29. The molecule has 9 heteroatoms. The molecule has 0 saturated carbocycles. The predicted octanol–water partition coefficient (Wildman–Crippen LogP) is 4.30. The van der Waals surface area contributed by atoms with E-state index in [0.717, 1.165) is 15.2 Å². The first-order valence-electron chi connectivity index (χ1n) is 8.60. The van der Waals surface area contributed by atoms with Crippen molar-refractivity contribution in [2.75, 3.05) is 5.75 Å². The van der Waals surface area contributed by atoms with Crippen LogP contribution < -0.4 is 5.32 Å². The van der Waals surface area contributed by atoms with Gasteiger partial charge in [-0.1, -0.05) is 23.7 Å². The van der Waals surface area contributed by atoms with Gasteiger partial charge in [0.15, 0.2) is 20.6 Å². The van der Waals surface area contributed by atoms with Crippen LogP contribution in [0, 0.1) is 0 Å². The molecule has 0 unspecified atom stereocenters. The highest BCUT2D eigenvalue weighted by Gasteiger charge is 2.19. The van der Waals surface area contributed by atoms with Gasteiger partial charge in [0.25, 0.3) is 0 Å². The number of para-hydroxylation sites is 1. The molecule has 2 aromatic carbocycles. The van der Waals surface area contributed by atoms with E-state index in [-0.39, 0.29) is 11.4 Å². The fraction of sp³-hybridized carbons (Fsp3) is 0.100. The van der Waals surface area contributed by atoms with Crippen LogP contribution in [0.2, 0.25) is 5.02 Å². The first-order chi connectivity index (χ1) is 13.9. The molecule has 0 aliphatic rings. The number of sulfone groups is 1. The van der Waals surface area contributed by atoms with Gasteiger partial charge in [-0.15, -0.1) is 11.3 Å². The summed E-state index contributed by atoms with van der Waals surface area (Å²) in [6.45, 7) is 0.0832. The number of halogens is 1. The van der Waals surface area contributed by atoms with Crippen LogP contribution in [0.15, 0.2) is 70.0 Å². The van der Waals surface area contributed by atoms with Crippen molar-refractivity contribution in [2.24, 2.45) is 0 Å². The Morgan fingerprint density at radius 1 is 1.07 bits per heavy atom. The Morgan fingerprint density at radius 3 is 2.59 bits per heavy atom. The molecule has 6 nitrogen and oxygen atoms in total. The second-order valence-electron chi connectivity index (χ2n) is 6.24. The summed E-state index contributed by atoms with van der Waals surface area (Å²) in [5.74, 6) is -0.154. The first-order valence-corrected chi connectivity index (χ1v) is 11.4. The molecule has 0 radical (unpaired) electrons. The zero-order valence-electron chi connectivity index (χ0n) is 15.0. The normalized spacial score (nSPS) is 11.6. The third-order valence-electron chi connectivity index (χ3n) is 4.12. The monoisotopic (exact) mass is 446 g/mol. The Bertz CT molecular complexity index is 1240. The first kappa shape index (κ1) is 19.6. The van der Waals surface area contributed by atoms with E-state index >= 15 is 0 Å². The number of nitrogens with one attached hydrogen (secondary N) is 1. The van der Waals surface area contributed by atoms with Crippen LogP contribution in [0.3, 0.4) is 0 Å². The largest absolute Gasteiger partial charge is 0.457 e. The standard InChI is InChI=1S/C20H15ClN2O4S2/c21-13-5-8-15(9-6-13)29(25,26)12-19(24)22-11-14-7-10-17(27-14)20-23-16-3-1-2-4-18(16)28-20/h1-10H,11-12H2,(H,22,24). The van der Waals surface area contributed by atoms with Crippen molar-refractivity contribution in [1.29, 1.82) is 0 Å². The quantitative estimate of drug-likeness (QED) is 0.477. The minimum Gasteiger partial charge on any atom is -0.457 e. The zero-order valence-corrected chi connectivity index (χ0v) is 17.4. The van der Waals surface area contributed by atoms with Gasteiger partial charge in [-0.25, -0.2) is 13.4 Å². The molecule has 0 bridgehead atoms. The fourth-order valence-electron chi connectivity index (χ4n) is 2.70. The van der Waals surface area contributed by atoms with Crippen LogP contribution in [-0.2, 0) is 21.2 Å². The summed E-state index contributed by atoms with van der Waals surface area (Å²) in [6, 6.07) is 17.0. The van der Waals surface area contributed by atoms with Crippen molar-refractivity contribution < 1.29 is 17.6 Å². The summed E-state index contributed by atoms with van der Waals surface area (Å²) >= 11 is 7.28. The lowest BCUT2D eigenvalue weighted by molar-refractivity contribution is -0.118. The minimum atomic E-state index is -3.74. The highest BCUT2D eigenvalue weighted by atomic mass is 35.5. The number of aromatic nitrogens is 1. The number of rotatable bonds is 6. The summed E-state index contributed by atoms with van der Waals surface area (Å²) in [7, 11) is -3.74. The molecule has 0 spiro atoms. The Hall–Kier alpha value is -2.68. The Balaban J connectivity index is 1.39. The van der Waals surface area contributed by atoms with Gasteiger partial charge in [0.1, 0.15) is 11.5 Å². The van der Waals surface area contributed by atoms with Crippen molar-refractivity contribution in [1.82, 2.24) is 10.3 Å². The maximum absolute atomic E-state index is 12.3. The van der Waals surface area contributed by atoms with E-state index in [9.17, 15) is 13.2 Å². The lowest BCUT2D eigenvalue weighted by atomic mass is 10.3. The number of carbonyl (C=O) groups is 1. The smallest absolute Gasteiger partial charge is 0.235 e. The topological polar surface area (TPSA) is 89.3 Å². The van der Waals surface area contributed by atoms with Crippen LogP contribution in [0.25, 0.3) is 21.0 Å². The number of carbonyl (C=O) groups excluding carboxylic acids is 1. The number of hydrogen-bond acceptors (Lipinski definition) is 6. The van der Waals surface area contributed by atoms with Crippen LogP contribution in [0.5, 0.6) is 0 Å². The third-order valence-corrected chi connectivity index (χ3v) is 7.06. The van der Waals surface area contributed by atoms with E-state index in [2.05, 4.69) is 10.3 Å². The highest BCUT2D eigenvalue weighted by molar-refractivity contribution is 7.92. The van der Waals surface area contributed by atoms with Gasteiger partial charge in [-0.2, -0.15) is 0 Å². The van der Waals surface area contributed by atoms with Gasteiger partial charge < -0.3 is 9.73 Å². The Kier molecular flexibility index (Phi) is 5.40. The van der Waals surface area contributed by atoms with Gasteiger partial charge in [-0.3, -0.25) is 4.79 Å². The predicted molar refractivity (Wildman–Crippen MR) is 113 cm³/mol. The van der Waals surface area contributed by atoms with Gasteiger partial charge in [0.05, 0.1) is 21.7 Å².